The second kappa shape index (κ2) is 4.78. The van der Waals surface area contributed by atoms with Crippen LogP contribution >= 0.6 is 0 Å². The number of fused-ring (bicyclic) bond motifs is 1. The quantitative estimate of drug-likeness (QED) is 0.941. The van der Waals surface area contributed by atoms with Crippen molar-refractivity contribution in [2.24, 2.45) is 5.41 Å². The molecule has 0 bridgehead atoms. The second-order valence-electron chi connectivity index (χ2n) is 6.74. The van der Waals surface area contributed by atoms with Crippen LogP contribution in [0.25, 0.3) is 5.65 Å². The molecule has 1 amide bonds. The van der Waals surface area contributed by atoms with Crippen molar-refractivity contribution in [2.45, 2.75) is 45.8 Å². The van der Waals surface area contributed by atoms with E-state index in [-0.39, 0.29) is 23.0 Å². The van der Waals surface area contributed by atoms with Gasteiger partial charge >= 0.3 is 0 Å². The molecule has 1 N–H and O–H groups in total. The SMILES string of the molecule is COC1(C)CC(NC(=O)c2c(C)nn3cccnc23)C1(C)C. The van der Waals surface area contributed by atoms with Gasteiger partial charge in [0.2, 0.25) is 0 Å². The van der Waals surface area contributed by atoms with Crippen molar-refractivity contribution in [3.63, 3.8) is 0 Å². The molecule has 2 heterocycles. The van der Waals surface area contributed by atoms with Crippen molar-refractivity contribution in [1.29, 1.82) is 0 Å². The van der Waals surface area contributed by atoms with Crippen molar-refractivity contribution < 1.29 is 9.53 Å². The summed E-state index contributed by atoms with van der Waals surface area (Å²) in [6, 6.07) is 1.86. The summed E-state index contributed by atoms with van der Waals surface area (Å²) in [5, 5.41) is 7.45. The molecule has 1 aliphatic carbocycles. The number of hydrogen-bond donors (Lipinski definition) is 1. The van der Waals surface area contributed by atoms with E-state index >= 15 is 0 Å². The van der Waals surface area contributed by atoms with E-state index < -0.39 is 0 Å². The molecule has 6 heteroatoms. The molecule has 0 radical (unpaired) electrons. The molecule has 2 aromatic rings. The highest BCUT2D eigenvalue weighted by Crippen LogP contribution is 2.51. The molecule has 1 fully saturated rings. The first-order valence-corrected chi connectivity index (χ1v) is 7.46. The highest BCUT2D eigenvalue weighted by atomic mass is 16.5. The topological polar surface area (TPSA) is 68.5 Å². The zero-order valence-corrected chi connectivity index (χ0v) is 13.7. The van der Waals surface area contributed by atoms with Gasteiger partial charge in [0, 0.05) is 31.0 Å². The van der Waals surface area contributed by atoms with Gasteiger partial charge in [0.15, 0.2) is 5.65 Å². The fourth-order valence-electron chi connectivity index (χ4n) is 3.22. The number of nitrogens with zero attached hydrogens (tertiary/aromatic N) is 3. The van der Waals surface area contributed by atoms with Crippen molar-refractivity contribution in [1.82, 2.24) is 19.9 Å². The number of amides is 1. The van der Waals surface area contributed by atoms with Crippen molar-refractivity contribution in [3.05, 3.63) is 29.7 Å². The first-order valence-electron chi connectivity index (χ1n) is 7.46. The number of rotatable bonds is 3. The van der Waals surface area contributed by atoms with Gasteiger partial charge in [-0.3, -0.25) is 4.79 Å². The third-order valence-corrected chi connectivity index (χ3v) is 5.38. The van der Waals surface area contributed by atoms with Gasteiger partial charge < -0.3 is 10.1 Å². The summed E-state index contributed by atoms with van der Waals surface area (Å²) in [5.74, 6) is -0.123. The maximum absolute atomic E-state index is 12.7. The zero-order valence-electron chi connectivity index (χ0n) is 13.7. The van der Waals surface area contributed by atoms with Gasteiger partial charge in [-0.05, 0) is 26.3 Å². The Kier molecular flexibility index (Phi) is 3.25. The molecule has 2 aromatic heterocycles. The number of ether oxygens (including phenoxy) is 1. The molecule has 22 heavy (non-hydrogen) atoms. The first-order chi connectivity index (χ1) is 10.3. The van der Waals surface area contributed by atoms with Gasteiger partial charge in [0.25, 0.3) is 5.91 Å². The Morgan fingerprint density at radius 3 is 2.82 bits per heavy atom. The van der Waals surface area contributed by atoms with Crippen LogP contribution in [0.5, 0.6) is 0 Å². The lowest BCUT2D eigenvalue weighted by Gasteiger charge is -2.59. The number of nitrogens with one attached hydrogen (secondary N) is 1. The van der Waals surface area contributed by atoms with E-state index in [1.807, 2.05) is 6.92 Å². The van der Waals surface area contributed by atoms with E-state index in [4.69, 9.17) is 4.74 Å². The molecular weight excluding hydrogens is 280 g/mol. The van der Waals surface area contributed by atoms with Gasteiger partial charge in [0.05, 0.1) is 11.3 Å². The van der Waals surface area contributed by atoms with E-state index in [0.717, 1.165) is 6.42 Å². The number of hydrogen-bond acceptors (Lipinski definition) is 4. The fourth-order valence-corrected chi connectivity index (χ4v) is 3.22. The number of carbonyl (C=O) groups is 1. The van der Waals surface area contributed by atoms with E-state index in [1.54, 1.807) is 30.1 Å². The van der Waals surface area contributed by atoms with Gasteiger partial charge in [-0.2, -0.15) is 5.10 Å². The molecule has 2 unspecified atom stereocenters. The summed E-state index contributed by atoms with van der Waals surface area (Å²) in [7, 11) is 1.72. The van der Waals surface area contributed by atoms with Gasteiger partial charge in [-0.15, -0.1) is 0 Å². The van der Waals surface area contributed by atoms with Crippen molar-refractivity contribution in [2.75, 3.05) is 7.11 Å². The monoisotopic (exact) mass is 302 g/mol. The highest BCUT2D eigenvalue weighted by Gasteiger charge is 2.58. The molecular formula is C16H22N4O2. The summed E-state index contributed by atoms with van der Waals surface area (Å²) >= 11 is 0. The zero-order chi connectivity index (χ0) is 16.1. The van der Waals surface area contributed by atoms with Crippen LogP contribution in [-0.2, 0) is 4.74 Å². The van der Waals surface area contributed by atoms with Crippen molar-refractivity contribution >= 4 is 11.6 Å². The Bertz CT molecular complexity index is 737. The Morgan fingerprint density at radius 1 is 1.45 bits per heavy atom. The maximum atomic E-state index is 12.7. The number of methoxy groups -OCH3 is 1. The third kappa shape index (κ3) is 1.94. The van der Waals surface area contributed by atoms with Crippen LogP contribution in [0.1, 0.15) is 43.2 Å². The Labute approximate surface area is 129 Å². The lowest BCUT2D eigenvalue weighted by molar-refractivity contribution is -0.177. The molecule has 2 atom stereocenters. The number of aromatic nitrogens is 3. The molecule has 6 nitrogen and oxygen atoms in total. The predicted octanol–water partition coefficient (Wildman–Crippen LogP) is 1.97. The molecule has 0 spiro atoms. The van der Waals surface area contributed by atoms with Crippen LogP contribution in [-0.4, -0.2) is 39.3 Å². The average Bonchev–Trinajstić information content (AvgIpc) is 2.82. The van der Waals surface area contributed by atoms with Gasteiger partial charge in [0.1, 0.15) is 5.56 Å². The number of aryl methyl sites for hydroxylation is 1. The van der Waals surface area contributed by atoms with Gasteiger partial charge in [-0.25, -0.2) is 9.50 Å². The fraction of sp³-hybridized carbons (Fsp3) is 0.562. The smallest absolute Gasteiger partial charge is 0.257 e. The summed E-state index contributed by atoms with van der Waals surface area (Å²) in [6.07, 6.45) is 4.26. The summed E-state index contributed by atoms with van der Waals surface area (Å²) in [4.78, 5) is 17.0. The minimum atomic E-state index is -0.209. The third-order valence-electron chi connectivity index (χ3n) is 5.38. The Balaban J connectivity index is 1.85. The number of carbonyl (C=O) groups excluding carboxylic acids is 1. The predicted molar refractivity (Wildman–Crippen MR) is 82.8 cm³/mol. The van der Waals surface area contributed by atoms with Crippen molar-refractivity contribution in [3.8, 4) is 0 Å². The molecule has 1 aliphatic rings. The lowest BCUT2D eigenvalue weighted by atomic mass is 9.56. The minimum Gasteiger partial charge on any atom is -0.378 e. The molecule has 118 valence electrons. The molecule has 0 saturated heterocycles. The molecule has 0 aliphatic heterocycles. The second-order valence-corrected chi connectivity index (χ2v) is 6.74. The standard InChI is InChI=1S/C16H22N4O2/c1-10-12(13-17-7-6-8-20(13)19-10)14(21)18-11-9-16(4,22-5)15(11,2)3/h6-8,11H,9H2,1-5H3,(H,18,21). The molecule has 3 rings (SSSR count). The molecule has 1 saturated carbocycles. The van der Waals surface area contributed by atoms with E-state index in [0.29, 0.717) is 16.9 Å². The summed E-state index contributed by atoms with van der Waals surface area (Å²) in [6.45, 7) is 8.14. The van der Waals surface area contributed by atoms with Crippen LogP contribution in [0.15, 0.2) is 18.5 Å². The Morgan fingerprint density at radius 2 is 2.18 bits per heavy atom. The lowest BCUT2D eigenvalue weighted by Crippen LogP contribution is -2.68. The first kappa shape index (κ1) is 15.0. The van der Waals surface area contributed by atoms with Crippen LogP contribution in [0.4, 0.5) is 0 Å². The van der Waals surface area contributed by atoms with Crippen LogP contribution in [0.2, 0.25) is 0 Å². The normalized spacial score (nSPS) is 26.7. The van der Waals surface area contributed by atoms with Gasteiger partial charge in [-0.1, -0.05) is 13.8 Å². The summed E-state index contributed by atoms with van der Waals surface area (Å²) in [5.41, 5.74) is 1.48. The van der Waals surface area contributed by atoms with Crippen LogP contribution < -0.4 is 5.32 Å². The van der Waals surface area contributed by atoms with E-state index in [2.05, 4.69) is 36.2 Å². The Hall–Kier alpha value is -1.95. The largest absolute Gasteiger partial charge is 0.378 e. The van der Waals surface area contributed by atoms with Crippen LogP contribution in [0.3, 0.4) is 0 Å². The minimum absolute atomic E-state index is 0.0722. The van der Waals surface area contributed by atoms with E-state index in [9.17, 15) is 4.79 Å². The maximum Gasteiger partial charge on any atom is 0.257 e. The average molecular weight is 302 g/mol. The highest BCUT2D eigenvalue weighted by molar-refractivity contribution is 6.01. The summed E-state index contributed by atoms with van der Waals surface area (Å²) < 4.78 is 7.24. The van der Waals surface area contributed by atoms with E-state index in [1.165, 1.54) is 0 Å². The van der Waals surface area contributed by atoms with Crippen LogP contribution in [0, 0.1) is 12.3 Å². The molecule has 0 aromatic carbocycles.